The lowest BCUT2D eigenvalue weighted by Gasteiger charge is -2.40. The van der Waals surface area contributed by atoms with Crippen molar-refractivity contribution in [3.8, 4) is 11.5 Å². The molecule has 0 radical (unpaired) electrons. The van der Waals surface area contributed by atoms with Crippen LogP contribution in [0.3, 0.4) is 0 Å². The lowest BCUT2D eigenvalue weighted by molar-refractivity contribution is -0.132. The Hall–Kier alpha value is -2.28. The summed E-state index contributed by atoms with van der Waals surface area (Å²) < 4.78 is 10.6. The largest absolute Gasteiger partial charge is 0.493 e. The molecule has 2 aliphatic rings. The summed E-state index contributed by atoms with van der Waals surface area (Å²) in [7, 11) is 3.17. The van der Waals surface area contributed by atoms with Crippen molar-refractivity contribution in [3.05, 3.63) is 18.2 Å². The van der Waals surface area contributed by atoms with Crippen LogP contribution in [-0.4, -0.2) is 68.1 Å². The van der Waals surface area contributed by atoms with Gasteiger partial charge in [0.25, 0.3) is 0 Å². The van der Waals surface area contributed by atoms with Crippen LogP contribution < -0.4 is 14.8 Å². The number of carbonyl (C=O) groups is 2. The molecule has 1 saturated heterocycles. The van der Waals surface area contributed by atoms with Crippen molar-refractivity contribution in [1.29, 1.82) is 0 Å². The number of rotatable bonds is 6. The van der Waals surface area contributed by atoms with E-state index in [0.29, 0.717) is 36.2 Å². The summed E-state index contributed by atoms with van der Waals surface area (Å²) in [6.07, 6.45) is 4.52. The highest BCUT2D eigenvalue weighted by molar-refractivity contribution is 5.95. The summed E-state index contributed by atoms with van der Waals surface area (Å²) in [5, 5.41) is 3.08. The number of carbonyl (C=O) groups excluding carboxylic acids is 2. The van der Waals surface area contributed by atoms with E-state index in [0.717, 1.165) is 25.9 Å². The maximum atomic E-state index is 13.3. The first-order valence-electron chi connectivity index (χ1n) is 10.1. The molecule has 1 aromatic rings. The van der Waals surface area contributed by atoms with Crippen LogP contribution in [0, 0.1) is 5.92 Å². The fourth-order valence-electron chi connectivity index (χ4n) is 4.40. The molecule has 3 rings (SSSR count). The van der Waals surface area contributed by atoms with Crippen LogP contribution in [0.25, 0.3) is 0 Å². The number of nitrogens with zero attached hydrogens (tertiary/aromatic N) is 2. The van der Waals surface area contributed by atoms with Crippen molar-refractivity contribution < 1.29 is 19.1 Å². The fraction of sp³-hybridized carbons (Fsp3) is 0.619. The second-order valence-corrected chi connectivity index (χ2v) is 7.59. The van der Waals surface area contributed by atoms with Gasteiger partial charge in [0, 0.05) is 44.9 Å². The monoisotopic (exact) mass is 389 g/mol. The first-order valence-corrected chi connectivity index (χ1v) is 10.1. The van der Waals surface area contributed by atoms with Gasteiger partial charge in [-0.3, -0.25) is 14.5 Å². The first-order chi connectivity index (χ1) is 13.5. The molecule has 7 heteroatoms. The first kappa shape index (κ1) is 20.5. The molecular formula is C21H31N3O4. The van der Waals surface area contributed by atoms with E-state index in [1.165, 1.54) is 12.8 Å². The molecule has 2 amide bonds. The predicted molar refractivity (Wildman–Crippen MR) is 108 cm³/mol. The van der Waals surface area contributed by atoms with E-state index in [4.69, 9.17) is 9.47 Å². The third-order valence-electron chi connectivity index (χ3n) is 5.92. The topological polar surface area (TPSA) is 71.1 Å². The van der Waals surface area contributed by atoms with Crippen molar-refractivity contribution in [2.75, 3.05) is 45.7 Å². The lowest BCUT2D eigenvalue weighted by atomic mass is 9.95. The Kier molecular flexibility index (Phi) is 6.78. The molecule has 0 unspecified atom stereocenters. The Morgan fingerprint density at radius 3 is 2.25 bits per heavy atom. The molecule has 1 heterocycles. The average molecular weight is 389 g/mol. The molecule has 0 spiro atoms. The van der Waals surface area contributed by atoms with Gasteiger partial charge in [0.1, 0.15) is 0 Å². The van der Waals surface area contributed by atoms with Gasteiger partial charge in [-0.2, -0.15) is 0 Å². The Bertz CT molecular complexity index is 695. The molecule has 0 aromatic heterocycles. The summed E-state index contributed by atoms with van der Waals surface area (Å²) >= 11 is 0. The molecule has 1 atom stereocenters. The summed E-state index contributed by atoms with van der Waals surface area (Å²) in [5.41, 5.74) is 0.702. The number of methoxy groups -OCH3 is 2. The number of benzene rings is 1. The van der Waals surface area contributed by atoms with E-state index < -0.39 is 0 Å². The quantitative estimate of drug-likeness (QED) is 0.809. The van der Waals surface area contributed by atoms with Crippen LogP contribution in [-0.2, 0) is 9.59 Å². The zero-order valence-electron chi connectivity index (χ0n) is 17.1. The highest BCUT2D eigenvalue weighted by Crippen LogP contribution is 2.33. The van der Waals surface area contributed by atoms with Crippen molar-refractivity contribution in [2.45, 2.75) is 38.6 Å². The van der Waals surface area contributed by atoms with Crippen LogP contribution in [0.5, 0.6) is 11.5 Å². The van der Waals surface area contributed by atoms with Crippen LogP contribution >= 0.6 is 0 Å². The van der Waals surface area contributed by atoms with Crippen LogP contribution in [0.15, 0.2) is 18.2 Å². The third kappa shape index (κ3) is 4.58. The van der Waals surface area contributed by atoms with Gasteiger partial charge in [-0.15, -0.1) is 0 Å². The Morgan fingerprint density at radius 2 is 1.68 bits per heavy atom. The molecule has 1 aliphatic carbocycles. The molecule has 1 aromatic carbocycles. The van der Waals surface area contributed by atoms with Crippen molar-refractivity contribution in [2.24, 2.45) is 5.92 Å². The van der Waals surface area contributed by atoms with Gasteiger partial charge < -0.3 is 19.7 Å². The van der Waals surface area contributed by atoms with Crippen molar-refractivity contribution in [1.82, 2.24) is 9.80 Å². The molecular weight excluding hydrogens is 358 g/mol. The smallest absolute Gasteiger partial charge is 0.242 e. The van der Waals surface area contributed by atoms with Gasteiger partial charge in [0.2, 0.25) is 11.8 Å². The number of ether oxygens (including phenoxy) is 2. The summed E-state index contributed by atoms with van der Waals surface area (Å²) in [4.78, 5) is 29.0. The zero-order chi connectivity index (χ0) is 20.1. The van der Waals surface area contributed by atoms with Gasteiger partial charge in [0.05, 0.1) is 20.3 Å². The highest BCUT2D eigenvalue weighted by Gasteiger charge is 2.37. The van der Waals surface area contributed by atoms with Gasteiger partial charge in [-0.25, -0.2) is 0 Å². The zero-order valence-corrected chi connectivity index (χ0v) is 17.1. The van der Waals surface area contributed by atoms with E-state index in [1.807, 2.05) is 11.0 Å². The van der Waals surface area contributed by atoms with E-state index >= 15 is 0 Å². The number of piperazine rings is 1. The molecule has 28 heavy (non-hydrogen) atoms. The van der Waals surface area contributed by atoms with Crippen molar-refractivity contribution >= 4 is 17.5 Å². The number of anilines is 1. The molecule has 154 valence electrons. The van der Waals surface area contributed by atoms with E-state index in [9.17, 15) is 9.59 Å². The predicted octanol–water partition coefficient (Wildman–Crippen LogP) is 2.37. The molecule has 1 saturated carbocycles. The van der Waals surface area contributed by atoms with Crippen LogP contribution in [0.1, 0.15) is 32.6 Å². The minimum atomic E-state index is -0.162. The third-order valence-corrected chi connectivity index (χ3v) is 5.92. The van der Waals surface area contributed by atoms with E-state index in [2.05, 4.69) is 10.2 Å². The molecule has 7 nitrogen and oxygen atoms in total. The minimum Gasteiger partial charge on any atom is -0.493 e. The van der Waals surface area contributed by atoms with Gasteiger partial charge >= 0.3 is 0 Å². The van der Waals surface area contributed by atoms with E-state index in [-0.39, 0.29) is 17.9 Å². The van der Waals surface area contributed by atoms with Crippen LogP contribution in [0.2, 0.25) is 0 Å². The van der Waals surface area contributed by atoms with Gasteiger partial charge in [-0.05, 0) is 30.9 Å². The normalized spacial score (nSPS) is 19.3. The average Bonchev–Trinajstić information content (AvgIpc) is 3.22. The molecule has 1 N–H and O–H groups in total. The SMILES string of the molecule is COc1ccc(NC(=O)[C@H](C2CCCC2)N2CCN(C(C)=O)CC2)cc1OC. The number of hydrogen-bond donors (Lipinski definition) is 1. The highest BCUT2D eigenvalue weighted by atomic mass is 16.5. The van der Waals surface area contributed by atoms with E-state index in [1.54, 1.807) is 33.3 Å². The Labute approximate surface area is 167 Å². The maximum absolute atomic E-state index is 13.3. The Balaban J connectivity index is 1.73. The molecule has 2 fully saturated rings. The number of hydrogen-bond acceptors (Lipinski definition) is 5. The minimum absolute atomic E-state index is 0.0235. The van der Waals surface area contributed by atoms with Crippen LogP contribution in [0.4, 0.5) is 5.69 Å². The van der Waals surface area contributed by atoms with Gasteiger partial charge in [0.15, 0.2) is 11.5 Å². The summed E-state index contributed by atoms with van der Waals surface area (Å²) in [6, 6.07) is 5.25. The standard InChI is InChI=1S/C21H31N3O4/c1-15(25)23-10-12-24(13-11-23)20(16-6-4-5-7-16)21(26)22-17-8-9-18(27-2)19(14-17)28-3/h8-9,14,16,20H,4-7,10-13H2,1-3H3,(H,22,26)/t20-/m0/s1. The second-order valence-electron chi connectivity index (χ2n) is 7.59. The van der Waals surface area contributed by atoms with Crippen molar-refractivity contribution in [3.63, 3.8) is 0 Å². The van der Waals surface area contributed by atoms with Gasteiger partial charge in [-0.1, -0.05) is 12.8 Å². The fourth-order valence-corrected chi connectivity index (χ4v) is 4.40. The number of amides is 2. The molecule has 1 aliphatic heterocycles. The second kappa shape index (κ2) is 9.28. The lowest BCUT2D eigenvalue weighted by Crippen LogP contribution is -2.56. The summed E-state index contributed by atoms with van der Waals surface area (Å²) in [6.45, 7) is 4.44. The number of nitrogens with one attached hydrogen (secondary N) is 1. The molecule has 0 bridgehead atoms. The Morgan fingerprint density at radius 1 is 1.04 bits per heavy atom. The maximum Gasteiger partial charge on any atom is 0.242 e. The summed E-state index contributed by atoms with van der Waals surface area (Å²) in [5.74, 6) is 1.72.